The van der Waals surface area contributed by atoms with Crippen LogP contribution in [0.3, 0.4) is 0 Å². The van der Waals surface area contributed by atoms with E-state index in [1.54, 1.807) is 30.3 Å². The molecule has 1 rings (SSSR count). The number of sulfone groups is 1. The molecule has 4 nitrogen and oxygen atoms in total. The van der Waals surface area contributed by atoms with Crippen molar-refractivity contribution in [2.75, 3.05) is 0 Å². The molecule has 0 heterocycles. The van der Waals surface area contributed by atoms with Gasteiger partial charge in [0.25, 0.3) is 0 Å². The minimum atomic E-state index is -3.44. The lowest BCUT2D eigenvalue weighted by Crippen LogP contribution is -2.31. The monoisotopic (exact) mass is 256 g/mol. The Kier molecular flexibility index (Phi) is 4.28. The molecule has 0 fully saturated rings. The van der Waals surface area contributed by atoms with Gasteiger partial charge in [0.15, 0.2) is 9.84 Å². The van der Waals surface area contributed by atoms with Crippen LogP contribution in [0, 0.1) is 5.92 Å². The highest BCUT2D eigenvalue weighted by Gasteiger charge is 2.30. The van der Waals surface area contributed by atoms with Crippen LogP contribution in [0.1, 0.15) is 19.4 Å². The molecule has 0 aliphatic heterocycles. The topological polar surface area (TPSA) is 71.4 Å². The van der Waals surface area contributed by atoms with Gasteiger partial charge in [0.1, 0.15) is 0 Å². The van der Waals surface area contributed by atoms with E-state index in [0.717, 1.165) is 0 Å². The van der Waals surface area contributed by atoms with E-state index in [4.69, 9.17) is 5.11 Å². The SMILES string of the molecule is CC(C(=O)O)C(C)S(=O)(=O)Cc1ccccc1. The maximum Gasteiger partial charge on any atom is 0.307 e. The molecule has 0 aromatic heterocycles. The summed E-state index contributed by atoms with van der Waals surface area (Å²) in [6.07, 6.45) is 0. The molecule has 2 atom stereocenters. The van der Waals surface area contributed by atoms with Crippen LogP contribution in [0.15, 0.2) is 30.3 Å². The summed E-state index contributed by atoms with van der Waals surface area (Å²) in [5, 5.41) is 7.93. The molecular formula is C12H16O4S. The summed E-state index contributed by atoms with van der Waals surface area (Å²) < 4.78 is 24.0. The maximum atomic E-state index is 12.0. The molecule has 2 unspecified atom stereocenters. The summed E-state index contributed by atoms with van der Waals surface area (Å²) in [7, 11) is -3.44. The molecule has 17 heavy (non-hydrogen) atoms. The Morgan fingerprint density at radius 3 is 2.24 bits per heavy atom. The second-order valence-electron chi connectivity index (χ2n) is 4.12. The molecule has 0 saturated heterocycles. The Labute approximate surface area is 101 Å². The number of aliphatic carboxylic acids is 1. The first-order chi connectivity index (χ1) is 7.84. The van der Waals surface area contributed by atoms with Crippen molar-refractivity contribution in [2.24, 2.45) is 5.92 Å². The van der Waals surface area contributed by atoms with E-state index in [9.17, 15) is 13.2 Å². The Balaban J connectivity index is 2.86. The van der Waals surface area contributed by atoms with Crippen molar-refractivity contribution in [3.8, 4) is 0 Å². The summed E-state index contributed by atoms with van der Waals surface area (Å²) in [6.45, 7) is 2.85. The van der Waals surface area contributed by atoms with Crippen molar-refractivity contribution in [1.29, 1.82) is 0 Å². The molecule has 0 aliphatic rings. The number of hydrogen-bond donors (Lipinski definition) is 1. The van der Waals surface area contributed by atoms with Gasteiger partial charge < -0.3 is 5.11 Å². The largest absolute Gasteiger partial charge is 0.481 e. The third-order valence-electron chi connectivity index (χ3n) is 2.87. The van der Waals surface area contributed by atoms with Crippen LogP contribution in [0.4, 0.5) is 0 Å². The summed E-state index contributed by atoms with van der Waals surface area (Å²) in [5.41, 5.74) is 0.678. The van der Waals surface area contributed by atoms with Gasteiger partial charge in [-0.3, -0.25) is 4.79 Å². The lowest BCUT2D eigenvalue weighted by Gasteiger charge is -2.16. The van der Waals surface area contributed by atoms with Crippen LogP contribution >= 0.6 is 0 Å². The minimum absolute atomic E-state index is 0.118. The van der Waals surface area contributed by atoms with Crippen LogP contribution in [-0.4, -0.2) is 24.7 Å². The second-order valence-corrected chi connectivity index (χ2v) is 6.48. The quantitative estimate of drug-likeness (QED) is 0.870. The third-order valence-corrected chi connectivity index (χ3v) is 5.15. The molecule has 0 amide bonds. The van der Waals surface area contributed by atoms with Crippen molar-refractivity contribution in [2.45, 2.75) is 24.9 Å². The van der Waals surface area contributed by atoms with Gasteiger partial charge in [0.05, 0.1) is 16.9 Å². The van der Waals surface area contributed by atoms with Gasteiger partial charge >= 0.3 is 5.97 Å². The van der Waals surface area contributed by atoms with Crippen LogP contribution in [0.25, 0.3) is 0 Å². The maximum absolute atomic E-state index is 12.0. The highest BCUT2D eigenvalue weighted by atomic mass is 32.2. The average Bonchev–Trinajstić information content (AvgIpc) is 2.27. The van der Waals surface area contributed by atoms with Crippen LogP contribution < -0.4 is 0 Å². The van der Waals surface area contributed by atoms with Gasteiger partial charge in [0, 0.05) is 0 Å². The smallest absolute Gasteiger partial charge is 0.307 e. The van der Waals surface area contributed by atoms with Crippen molar-refractivity contribution in [3.63, 3.8) is 0 Å². The zero-order valence-electron chi connectivity index (χ0n) is 9.83. The standard InChI is InChI=1S/C12H16O4S/c1-9(12(13)14)10(2)17(15,16)8-11-6-4-3-5-7-11/h3-7,9-10H,8H2,1-2H3,(H,13,14). The fourth-order valence-electron chi connectivity index (χ4n) is 1.45. The number of carboxylic acid groups (broad SMARTS) is 1. The predicted octanol–water partition coefficient (Wildman–Crippen LogP) is 1.71. The Morgan fingerprint density at radius 2 is 1.76 bits per heavy atom. The fraction of sp³-hybridized carbons (Fsp3) is 0.417. The lowest BCUT2D eigenvalue weighted by molar-refractivity contribution is -0.141. The van der Waals surface area contributed by atoms with Gasteiger partial charge in [-0.2, -0.15) is 0 Å². The molecule has 94 valence electrons. The summed E-state index contributed by atoms with van der Waals surface area (Å²) in [4.78, 5) is 10.8. The second kappa shape index (κ2) is 5.31. The Bertz CT molecular complexity index is 478. The summed E-state index contributed by atoms with van der Waals surface area (Å²) in [5.74, 6) is -2.11. The summed E-state index contributed by atoms with van der Waals surface area (Å²) >= 11 is 0. The van der Waals surface area contributed by atoms with Gasteiger partial charge in [0.2, 0.25) is 0 Å². The molecule has 0 aliphatic carbocycles. The van der Waals surface area contributed by atoms with Crippen molar-refractivity contribution >= 4 is 15.8 Å². The normalized spacial score (nSPS) is 15.2. The molecule has 1 aromatic carbocycles. The molecule has 0 spiro atoms. The summed E-state index contributed by atoms with van der Waals surface area (Å²) in [6, 6.07) is 8.76. The van der Waals surface area contributed by atoms with Crippen LogP contribution in [0.5, 0.6) is 0 Å². The molecule has 5 heteroatoms. The van der Waals surface area contributed by atoms with E-state index in [1.807, 2.05) is 0 Å². The molecule has 0 bridgehead atoms. The van der Waals surface area contributed by atoms with Gasteiger partial charge in [-0.1, -0.05) is 37.3 Å². The van der Waals surface area contributed by atoms with Crippen molar-refractivity contribution in [3.05, 3.63) is 35.9 Å². The number of rotatable bonds is 5. The Hall–Kier alpha value is -1.36. The molecule has 1 aromatic rings. The Morgan fingerprint density at radius 1 is 1.24 bits per heavy atom. The van der Waals surface area contributed by atoms with Gasteiger partial charge in [-0.15, -0.1) is 0 Å². The number of carbonyl (C=O) groups is 1. The van der Waals surface area contributed by atoms with E-state index in [1.165, 1.54) is 13.8 Å². The predicted molar refractivity (Wildman–Crippen MR) is 65.3 cm³/mol. The van der Waals surface area contributed by atoms with Crippen LogP contribution in [-0.2, 0) is 20.4 Å². The van der Waals surface area contributed by atoms with E-state index in [0.29, 0.717) is 5.56 Å². The zero-order valence-corrected chi connectivity index (χ0v) is 10.6. The van der Waals surface area contributed by atoms with Gasteiger partial charge in [-0.25, -0.2) is 8.42 Å². The fourth-order valence-corrected chi connectivity index (χ4v) is 3.11. The van der Waals surface area contributed by atoms with E-state index >= 15 is 0 Å². The molecule has 0 radical (unpaired) electrons. The number of carboxylic acids is 1. The van der Waals surface area contributed by atoms with E-state index in [2.05, 4.69) is 0 Å². The molecule has 1 N–H and O–H groups in total. The lowest BCUT2D eigenvalue weighted by atomic mass is 10.1. The van der Waals surface area contributed by atoms with Crippen LogP contribution in [0.2, 0.25) is 0 Å². The first kappa shape index (κ1) is 13.7. The molecule has 0 saturated carbocycles. The van der Waals surface area contributed by atoms with Crippen molar-refractivity contribution < 1.29 is 18.3 Å². The first-order valence-corrected chi connectivity index (χ1v) is 7.04. The highest BCUT2D eigenvalue weighted by Crippen LogP contribution is 2.17. The highest BCUT2D eigenvalue weighted by molar-refractivity contribution is 7.91. The van der Waals surface area contributed by atoms with Crippen molar-refractivity contribution in [1.82, 2.24) is 0 Å². The first-order valence-electron chi connectivity index (χ1n) is 5.33. The minimum Gasteiger partial charge on any atom is -0.481 e. The average molecular weight is 256 g/mol. The number of hydrogen-bond acceptors (Lipinski definition) is 3. The third kappa shape index (κ3) is 3.56. The zero-order chi connectivity index (χ0) is 13.1. The van der Waals surface area contributed by atoms with E-state index in [-0.39, 0.29) is 5.75 Å². The number of benzene rings is 1. The molecular weight excluding hydrogens is 240 g/mol. The van der Waals surface area contributed by atoms with Gasteiger partial charge in [-0.05, 0) is 12.5 Å². The van der Waals surface area contributed by atoms with E-state index < -0.39 is 27.0 Å².